The molecule has 1 heterocycles. The van der Waals surface area contributed by atoms with Crippen molar-refractivity contribution in [3.63, 3.8) is 0 Å². The molecular formula is C24H25NO5S. The van der Waals surface area contributed by atoms with Gasteiger partial charge in [0.1, 0.15) is 16.3 Å². The number of hydrogen-bond acceptors (Lipinski definition) is 6. The van der Waals surface area contributed by atoms with Gasteiger partial charge in [0.25, 0.3) is 0 Å². The number of aromatic carboxylic acids is 1. The molecule has 0 aliphatic rings. The SMILES string of the molecule is CCOc1ccc(-c2nc(-c3cc(C=C(C)C)c(O)c(C(=O)O)c3)cs2)cc1OCC. The largest absolute Gasteiger partial charge is 0.506 e. The Morgan fingerprint density at radius 2 is 1.77 bits per heavy atom. The van der Waals surface area contributed by atoms with Crippen LogP contribution < -0.4 is 9.47 Å². The van der Waals surface area contributed by atoms with Crippen molar-refractivity contribution in [3.8, 4) is 39.1 Å². The first-order valence-corrected chi connectivity index (χ1v) is 10.8. The molecule has 0 radical (unpaired) electrons. The van der Waals surface area contributed by atoms with E-state index in [4.69, 9.17) is 14.5 Å². The number of hydrogen-bond donors (Lipinski definition) is 2. The number of carboxylic acids is 1. The van der Waals surface area contributed by atoms with Crippen molar-refractivity contribution < 1.29 is 24.5 Å². The third-order valence-corrected chi connectivity index (χ3v) is 5.30. The number of benzene rings is 2. The highest BCUT2D eigenvalue weighted by molar-refractivity contribution is 7.13. The molecule has 7 heteroatoms. The number of ether oxygens (including phenoxy) is 2. The molecule has 162 valence electrons. The van der Waals surface area contributed by atoms with Crippen molar-refractivity contribution in [2.75, 3.05) is 13.2 Å². The van der Waals surface area contributed by atoms with Crippen LogP contribution in [0.1, 0.15) is 43.6 Å². The molecule has 0 spiro atoms. The van der Waals surface area contributed by atoms with Crippen LogP contribution in [0.3, 0.4) is 0 Å². The number of carboxylic acid groups (broad SMARTS) is 1. The van der Waals surface area contributed by atoms with E-state index in [1.54, 1.807) is 12.1 Å². The summed E-state index contributed by atoms with van der Waals surface area (Å²) >= 11 is 1.45. The second kappa shape index (κ2) is 9.66. The standard InChI is InChI=1S/C24H25NO5S/c1-5-29-20-8-7-15(12-21(20)30-6-2)23-25-19(13-31-23)16-10-17(9-14(3)4)22(26)18(11-16)24(27)28/h7-13,26H,5-6H2,1-4H3,(H,27,28). The van der Waals surface area contributed by atoms with Crippen LogP contribution in [0.25, 0.3) is 27.9 Å². The van der Waals surface area contributed by atoms with Crippen molar-refractivity contribution in [3.05, 3.63) is 52.4 Å². The quantitative estimate of drug-likeness (QED) is 0.441. The average molecular weight is 440 g/mol. The smallest absolute Gasteiger partial charge is 0.339 e. The molecule has 3 aromatic rings. The molecule has 0 unspecified atom stereocenters. The summed E-state index contributed by atoms with van der Waals surface area (Å²) in [6, 6.07) is 8.87. The van der Waals surface area contributed by atoms with Crippen LogP contribution in [0.4, 0.5) is 0 Å². The Morgan fingerprint density at radius 3 is 2.42 bits per heavy atom. The molecule has 0 bridgehead atoms. The monoisotopic (exact) mass is 439 g/mol. The Bertz CT molecular complexity index is 1130. The Kier molecular flexibility index (Phi) is 6.97. The lowest BCUT2D eigenvalue weighted by atomic mass is 10.0. The third-order valence-electron chi connectivity index (χ3n) is 4.40. The fourth-order valence-corrected chi connectivity index (χ4v) is 3.94. The summed E-state index contributed by atoms with van der Waals surface area (Å²) in [6.07, 6.45) is 1.75. The normalized spacial score (nSPS) is 10.6. The van der Waals surface area contributed by atoms with Crippen molar-refractivity contribution in [1.29, 1.82) is 0 Å². The summed E-state index contributed by atoms with van der Waals surface area (Å²) in [6.45, 7) is 8.67. The molecule has 0 aliphatic heterocycles. The molecule has 0 amide bonds. The second-order valence-electron chi connectivity index (χ2n) is 7.05. The van der Waals surface area contributed by atoms with Gasteiger partial charge >= 0.3 is 5.97 Å². The minimum Gasteiger partial charge on any atom is -0.506 e. The Morgan fingerprint density at radius 1 is 1.06 bits per heavy atom. The highest BCUT2D eigenvalue weighted by atomic mass is 32.1. The van der Waals surface area contributed by atoms with E-state index in [1.165, 1.54) is 17.4 Å². The molecule has 0 saturated heterocycles. The highest BCUT2D eigenvalue weighted by Crippen LogP contribution is 2.37. The number of phenols is 1. The van der Waals surface area contributed by atoms with Crippen molar-refractivity contribution in [2.24, 2.45) is 0 Å². The van der Waals surface area contributed by atoms with E-state index in [2.05, 4.69) is 0 Å². The zero-order valence-electron chi connectivity index (χ0n) is 17.9. The topological polar surface area (TPSA) is 88.9 Å². The van der Waals surface area contributed by atoms with Crippen molar-refractivity contribution in [1.82, 2.24) is 4.98 Å². The van der Waals surface area contributed by atoms with Gasteiger partial charge < -0.3 is 19.7 Å². The first-order chi connectivity index (χ1) is 14.8. The lowest BCUT2D eigenvalue weighted by molar-refractivity contribution is 0.0693. The molecule has 0 aliphatic carbocycles. The molecule has 1 aromatic heterocycles. The molecular weight excluding hydrogens is 414 g/mol. The van der Waals surface area contributed by atoms with E-state index in [0.717, 1.165) is 16.1 Å². The summed E-state index contributed by atoms with van der Waals surface area (Å²) < 4.78 is 11.3. The van der Waals surface area contributed by atoms with E-state index >= 15 is 0 Å². The number of nitrogens with zero attached hydrogens (tertiary/aromatic N) is 1. The van der Waals surface area contributed by atoms with Gasteiger partial charge in [-0.05, 0) is 58.0 Å². The summed E-state index contributed by atoms with van der Waals surface area (Å²) in [4.78, 5) is 16.3. The van der Waals surface area contributed by atoms with Crippen LogP contribution in [0.5, 0.6) is 17.2 Å². The zero-order valence-corrected chi connectivity index (χ0v) is 18.7. The van der Waals surface area contributed by atoms with Crippen LogP contribution in [-0.4, -0.2) is 34.4 Å². The third kappa shape index (κ3) is 5.06. The molecule has 31 heavy (non-hydrogen) atoms. The maximum Gasteiger partial charge on any atom is 0.339 e. The lowest BCUT2D eigenvalue weighted by Gasteiger charge is -2.11. The van der Waals surface area contributed by atoms with Gasteiger partial charge in [-0.2, -0.15) is 0 Å². The number of thiazole rings is 1. The van der Waals surface area contributed by atoms with Gasteiger partial charge in [0.05, 0.1) is 18.9 Å². The van der Waals surface area contributed by atoms with Gasteiger partial charge in [0.15, 0.2) is 11.5 Å². The maximum atomic E-state index is 11.6. The Balaban J connectivity index is 2.04. The maximum absolute atomic E-state index is 11.6. The van der Waals surface area contributed by atoms with Crippen LogP contribution >= 0.6 is 11.3 Å². The predicted octanol–water partition coefficient (Wildman–Crippen LogP) is 6.10. The zero-order chi connectivity index (χ0) is 22.5. The first-order valence-electron chi connectivity index (χ1n) is 9.95. The second-order valence-corrected chi connectivity index (χ2v) is 7.91. The molecule has 2 N–H and O–H groups in total. The summed E-state index contributed by atoms with van der Waals surface area (Å²) in [5.74, 6) is -0.102. The van der Waals surface area contributed by atoms with E-state index in [9.17, 15) is 15.0 Å². The summed E-state index contributed by atoms with van der Waals surface area (Å²) in [5.41, 5.74) is 3.38. The van der Waals surface area contributed by atoms with E-state index < -0.39 is 5.97 Å². The number of allylic oxidation sites excluding steroid dienone is 1. The fraction of sp³-hybridized carbons (Fsp3) is 0.250. The average Bonchev–Trinajstić information content (AvgIpc) is 3.21. The number of aromatic hydroxyl groups is 1. The summed E-state index contributed by atoms with van der Waals surface area (Å²) in [5, 5.41) is 22.5. The van der Waals surface area contributed by atoms with E-state index in [-0.39, 0.29) is 11.3 Å². The van der Waals surface area contributed by atoms with Gasteiger partial charge in [0, 0.05) is 22.1 Å². The van der Waals surface area contributed by atoms with Crippen molar-refractivity contribution >= 4 is 23.4 Å². The molecule has 0 atom stereocenters. The lowest BCUT2D eigenvalue weighted by Crippen LogP contribution is -1.99. The van der Waals surface area contributed by atoms with Crippen LogP contribution in [0.2, 0.25) is 0 Å². The van der Waals surface area contributed by atoms with Gasteiger partial charge in [0.2, 0.25) is 0 Å². The highest BCUT2D eigenvalue weighted by Gasteiger charge is 2.17. The van der Waals surface area contributed by atoms with E-state index in [1.807, 2.05) is 51.3 Å². The molecule has 0 saturated carbocycles. The van der Waals surface area contributed by atoms with Crippen molar-refractivity contribution in [2.45, 2.75) is 27.7 Å². The fourth-order valence-electron chi connectivity index (χ4n) is 3.11. The Hall–Kier alpha value is -3.32. The molecule has 3 rings (SSSR count). The van der Waals surface area contributed by atoms with Crippen LogP contribution in [0, 0.1) is 0 Å². The van der Waals surface area contributed by atoms with Gasteiger partial charge in [-0.25, -0.2) is 9.78 Å². The van der Waals surface area contributed by atoms with Gasteiger partial charge in [-0.15, -0.1) is 11.3 Å². The predicted molar refractivity (Wildman–Crippen MR) is 123 cm³/mol. The number of aromatic nitrogens is 1. The first kappa shape index (κ1) is 22.4. The van der Waals surface area contributed by atoms with Gasteiger partial charge in [-0.1, -0.05) is 11.6 Å². The minimum atomic E-state index is -1.19. The van der Waals surface area contributed by atoms with E-state index in [0.29, 0.717) is 41.5 Å². The van der Waals surface area contributed by atoms with Crippen LogP contribution in [0.15, 0.2) is 41.3 Å². The van der Waals surface area contributed by atoms with Crippen LogP contribution in [-0.2, 0) is 0 Å². The summed E-state index contributed by atoms with van der Waals surface area (Å²) in [7, 11) is 0. The number of rotatable bonds is 8. The Labute approximate surface area is 185 Å². The minimum absolute atomic E-state index is 0.153. The number of carbonyl (C=O) groups is 1. The molecule has 2 aromatic carbocycles. The van der Waals surface area contributed by atoms with Gasteiger partial charge in [-0.3, -0.25) is 0 Å². The molecule has 6 nitrogen and oxygen atoms in total. The molecule has 0 fully saturated rings.